The van der Waals surface area contributed by atoms with Crippen LogP contribution in [0.25, 0.3) is 4.85 Å². The SMILES string of the molecule is [C-]#[N+]c1ccccc1S(=O)(=O)N1CCN(C(=O)C(C)(C)C)CC1. The molecule has 0 aliphatic carbocycles. The third-order valence-corrected chi connectivity index (χ3v) is 5.72. The molecule has 0 radical (unpaired) electrons. The van der Waals surface area contributed by atoms with Gasteiger partial charge < -0.3 is 4.90 Å². The van der Waals surface area contributed by atoms with Gasteiger partial charge in [-0.2, -0.15) is 4.31 Å². The quantitative estimate of drug-likeness (QED) is 0.778. The molecule has 0 N–H and O–H groups in total. The Labute approximate surface area is 137 Å². The Kier molecular flexibility index (Phi) is 4.78. The maximum absolute atomic E-state index is 12.7. The predicted octanol–water partition coefficient (Wildman–Crippen LogP) is 2.12. The number of hydrogen-bond acceptors (Lipinski definition) is 3. The molecule has 23 heavy (non-hydrogen) atoms. The van der Waals surface area contributed by atoms with Crippen LogP contribution >= 0.6 is 0 Å². The van der Waals surface area contributed by atoms with Crippen molar-refractivity contribution in [1.82, 2.24) is 9.21 Å². The van der Waals surface area contributed by atoms with Crippen LogP contribution in [0.15, 0.2) is 29.2 Å². The average molecular weight is 335 g/mol. The summed E-state index contributed by atoms with van der Waals surface area (Å²) in [5.41, 5.74) is -0.349. The van der Waals surface area contributed by atoms with Crippen molar-refractivity contribution in [3.63, 3.8) is 0 Å². The highest BCUT2D eigenvalue weighted by Crippen LogP contribution is 2.28. The molecule has 1 fully saturated rings. The minimum Gasteiger partial charge on any atom is -0.340 e. The second-order valence-corrected chi connectivity index (χ2v) is 8.43. The number of benzene rings is 1. The lowest BCUT2D eigenvalue weighted by molar-refractivity contribution is -0.140. The van der Waals surface area contributed by atoms with E-state index in [1.54, 1.807) is 17.0 Å². The number of amides is 1. The van der Waals surface area contributed by atoms with Crippen LogP contribution in [0.4, 0.5) is 5.69 Å². The number of nitrogens with zero attached hydrogens (tertiary/aromatic N) is 3. The van der Waals surface area contributed by atoms with E-state index in [9.17, 15) is 13.2 Å². The second-order valence-electron chi connectivity index (χ2n) is 6.53. The zero-order chi connectivity index (χ0) is 17.3. The molecule has 1 amide bonds. The topological polar surface area (TPSA) is 62.1 Å². The molecular formula is C16H21N3O3S. The minimum absolute atomic E-state index is 0.0242. The van der Waals surface area contributed by atoms with Gasteiger partial charge in [0.05, 0.1) is 11.5 Å². The summed E-state index contributed by atoms with van der Waals surface area (Å²) in [7, 11) is -3.71. The lowest BCUT2D eigenvalue weighted by Crippen LogP contribution is -2.52. The van der Waals surface area contributed by atoms with E-state index >= 15 is 0 Å². The maximum Gasteiger partial charge on any atom is 0.233 e. The number of carbonyl (C=O) groups excluding carboxylic acids is 1. The molecule has 1 aromatic rings. The van der Waals surface area contributed by atoms with Gasteiger partial charge >= 0.3 is 0 Å². The van der Waals surface area contributed by atoms with Crippen molar-refractivity contribution in [3.8, 4) is 0 Å². The number of para-hydroxylation sites is 1. The first-order valence-corrected chi connectivity index (χ1v) is 8.88. The summed E-state index contributed by atoms with van der Waals surface area (Å²) >= 11 is 0. The van der Waals surface area contributed by atoms with Crippen LogP contribution < -0.4 is 0 Å². The van der Waals surface area contributed by atoms with E-state index in [1.165, 1.54) is 16.4 Å². The minimum atomic E-state index is -3.71. The van der Waals surface area contributed by atoms with Crippen molar-refractivity contribution in [2.45, 2.75) is 25.7 Å². The molecule has 0 spiro atoms. The van der Waals surface area contributed by atoms with Crippen molar-refractivity contribution in [2.24, 2.45) is 5.41 Å². The fourth-order valence-electron chi connectivity index (χ4n) is 2.51. The Balaban J connectivity index is 2.17. The van der Waals surface area contributed by atoms with Gasteiger partial charge in [0, 0.05) is 31.6 Å². The molecule has 1 saturated heterocycles. The molecule has 1 aromatic carbocycles. The van der Waals surface area contributed by atoms with Crippen LogP contribution in [0, 0.1) is 12.0 Å². The summed E-state index contributed by atoms with van der Waals surface area (Å²) in [5.74, 6) is 0.0242. The van der Waals surface area contributed by atoms with Gasteiger partial charge in [0.15, 0.2) is 0 Å². The molecule has 6 nitrogen and oxygen atoms in total. The summed E-state index contributed by atoms with van der Waals surface area (Å²) in [5, 5.41) is 0. The summed E-state index contributed by atoms with van der Waals surface area (Å²) in [4.78, 5) is 17.3. The summed E-state index contributed by atoms with van der Waals surface area (Å²) in [6, 6.07) is 6.21. The first-order valence-electron chi connectivity index (χ1n) is 7.44. The van der Waals surface area contributed by atoms with Gasteiger partial charge in [-0.05, 0) is 0 Å². The number of sulfonamides is 1. The average Bonchev–Trinajstić information content (AvgIpc) is 2.53. The van der Waals surface area contributed by atoms with E-state index in [0.717, 1.165) is 0 Å². The zero-order valence-electron chi connectivity index (χ0n) is 13.6. The second kappa shape index (κ2) is 6.30. The fraction of sp³-hybridized carbons (Fsp3) is 0.500. The van der Waals surface area contributed by atoms with Crippen LogP contribution in [-0.4, -0.2) is 49.7 Å². The van der Waals surface area contributed by atoms with Crippen molar-refractivity contribution in [1.29, 1.82) is 0 Å². The molecular weight excluding hydrogens is 314 g/mol. The Morgan fingerprint density at radius 3 is 2.22 bits per heavy atom. The first-order chi connectivity index (χ1) is 10.7. The monoisotopic (exact) mass is 335 g/mol. The summed E-state index contributed by atoms with van der Waals surface area (Å²) < 4.78 is 26.8. The van der Waals surface area contributed by atoms with E-state index in [2.05, 4.69) is 4.85 Å². The van der Waals surface area contributed by atoms with Crippen LogP contribution in [0.1, 0.15) is 20.8 Å². The molecule has 0 bridgehead atoms. The molecule has 7 heteroatoms. The Morgan fingerprint density at radius 2 is 1.70 bits per heavy atom. The molecule has 124 valence electrons. The molecule has 1 heterocycles. The van der Waals surface area contributed by atoms with E-state index in [1.807, 2.05) is 20.8 Å². The lowest BCUT2D eigenvalue weighted by atomic mass is 9.94. The summed E-state index contributed by atoms with van der Waals surface area (Å²) in [6.07, 6.45) is 0. The Hall–Kier alpha value is -1.91. The van der Waals surface area contributed by atoms with Gasteiger partial charge in [-0.1, -0.05) is 45.0 Å². The van der Waals surface area contributed by atoms with Gasteiger partial charge in [-0.25, -0.2) is 13.3 Å². The molecule has 0 saturated carbocycles. The van der Waals surface area contributed by atoms with Crippen LogP contribution in [-0.2, 0) is 14.8 Å². The van der Waals surface area contributed by atoms with Crippen molar-refractivity contribution < 1.29 is 13.2 Å². The van der Waals surface area contributed by atoms with Crippen LogP contribution in [0.2, 0.25) is 0 Å². The van der Waals surface area contributed by atoms with Gasteiger partial charge in [0.25, 0.3) is 0 Å². The maximum atomic E-state index is 12.7. The van der Waals surface area contributed by atoms with Gasteiger partial charge in [0.2, 0.25) is 21.6 Å². The number of piperazine rings is 1. The van der Waals surface area contributed by atoms with E-state index in [-0.39, 0.29) is 29.6 Å². The molecule has 0 atom stereocenters. The molecule has 1 aliphatic heterocycles. The van der Waals surface area contributed by atoms with Crippen LogP contribution in [0.3, 0.4) is 0 Å². The van der Waals surface area contributed by atoms with Gasteiger partial charge in [-0.15, -0.1) is 0 Å². The number of rotatable bonds is 2. The fourth-order valence-corrected chi connectivity index (χ4v) is 4.06. The normalized spacial score (nSPS) is 16.9. The van der Waals surface area contributed by atoms with Gasteiger partial charge in [-0.3, -0.25) is 4.79 Å². The predicted molar refractivity (Wildman–Crippen MR) is 87.5 cm³/mol. The highest BCUT2D eigenvalue weighted by atomic mass is 32.2. The largest absolute Gasteiger partial charge is 0.340 e. The molecule has 0 unspecified atom stereocenters. The van der Waals surface area contributed by atoms with Gasteiger partial charge in [0.1, 0.15) is 0 Å². The molecule has 1 aliphatic rings. The molecule has 0 aromatic heterocycles. The third-order valence-electron chi connectivity index (χ3n) is 3.77. The van der Waals surface area contributed by atoms with Crippen LogP contribution in [0.5, 0.6) is 0 Å². The summed E-state index contributed by atoms with van der Waals surface area (Å²) in [6.45, 7) is 13.9. The van der Waals surface area contributed by atoms with E-state index < -0.39 is 15.4 Å². The van der Waals surface area contributed by atoms with E-state index in [0.29, 0.717) is 13.1 Å². The third kappa shape index (κ3) is 3.54. The highest BCUT2D eigenvalue weighted by Gasteiger charge is 2.34. The standard InChI is InChI=1S/C16H21N3O3S/c1-16(2,3)15(20)18-9-11-19(12-10-18)23(21,22)14-8-6-5-7-13(14)17-4/h5-8H,9-12H2,1-3H3. The highest BCUT2D eigenvalue weighted by molar-refractivity contribution is 7.89. The lowest BCUT2D eigenvalue weighted by Gasteiger charge is -2.37. The van der Waals surface area contributed by atoms with Crippen molar-refractivity contribution in [2.75, 3.05) is 26.2 Å². The molecule has 2 rings (SSSR count). The van der Waals surface area contributed by atoms with Crippen molar-refractivity contribution in [3.05, 3.63) is 35.7 Å². The smallest absolute Gasteiger partial charge is 0.233 e. The van der Waals surface area contributed by atoms with Crippen molar-refractivity contribution >= 4 is 21.6 Å². The zero-order valence-corrected chi connectivity index (χ0v) is 14.4. The Morgan fingerprint density at radius 1 is 1.13 bits per heavy atom. The number of carbonyl (C=O) groups is 1. The first kappa shape index (κ1) is 17.4. The van der Waals surface area contributed by atoms with E-state index in [4.69, 9.17) is 6.57 Å². The number of hydrogen-bond donors (Lipinski definition) is 0. The Bertz CT molecular complexity index is 737.